The van der Waals surface area contributed by atoms with Gasteiger partial charge in [-0.25, -0.2) is 0 Å². The van der Waals surface area contributed by atoms with E-state index in [-0.39, 0.29) is 5.97 Å². The fourth-order valence-electron chi connectivity index (χ4n) is 2.27. The van der Waals surface area contributed by atoms with Crippen LogP contribution in [0.15, 0.2) is 21.1 Å². The number of halogens is 2. The highest BCUT2D eigenvalue weighted by molar-refractivity contribution is 9.15. The molecule has 23 heavy (non-hydrogen) atoms. The molecule has 0 aliphatic carbocycles. The first kappa shape index (κ1) is 22.9. The van der Waals surface area contributed by atoms with Gasteiger partial charge >= 0.3 is 5.97 Å². The second kappa shape index (κ2) is 16.8. The lowest BCUT2D eigenvalue weighted by Gasteiger charge is -2.01. The number of esters is 1. The van der Waals surface area contributed by atoms with E-state index in [0.29, 0.717) is 6.42 Å². The van der Waals surface area contributed by atoms with Crippen LogP contribution in [0, 0.1) is 0 Å². The van der Waals surface area contributed by atoms with Gasteiger partial charge in [-0.1, -0.05) is 57.6 Å². The molecule has 0 N–H and O–H groups in total. The van der Waals surface area contributed by atoms with Crippen molar-refractivity contribution < 1.29 is 9.53 Å². The first-order valence-electron chi connectivity index (χ1n) is 8.90. The SMILES string of the molecule is CCCCCCC/C=C(Br)/C(Br)=C/CCCCCCC(=O)OC. The third-order valence-corrected chi connectivity index (χ3v) is 5.78. The standard InChI is InChI=1S/C19H32Br2O2/c1-3-4-5-6-8-11-14-17(20)18(21)15-12-9-7-10-13-16-19(22)23-2/h14-15H,3-13,16H2,1-2H3/b17-14-,18-15-. The largest absolute Gasteiger partial charge is 0.469 e. The Morgan fingerprint density at radius 3 is 1.78 bits per heavy atom. The average molecular weight is 452 g/mol. The zero-order valence-electron chi connectivity index (χ0n) is 14.7. The van der Waals surface area contributed by atoms with Crippen LogP contribution < -0.4 is 0 Å². The molecule has 0 aromatic carbocycles. The monoisotopic (exact) mass is 450 g/mol. The molecule has 0 saturated carbocycles. The number of hydrogen-bond acceptors (Lipinski definition) is 2. The maximum atomic E-state index is 11.0. The predicted octanol–water partition coefficient (Wildman–Crippen LogP) is 7.42. The Balaban J connectivity index is 3.68. The van der Waals surface area contributed by atoms with Gasteiger partial charge in [-0.2, -0.15) is 0 Å². The average Bonchev–Trinajstić information content (AvgIpc) is 2.56. The van der Waals surface area contributed by atoms with E-state index in [1.54, 1.807) is 0 Å². The maximum absolute atomic E-state index is 11.0. The number of carbonyl (C=O) groups excluding carboxylic acids is 1. The van der Waals surface area contributed by atoms with Crippen LogP contribution in [0.2, 0.25) is 0 Å². The van der Waals surface area contributed by atoms with Crippen LogP contribution in [-0.4, -0.2) is 13.1 Å². The normalized spacial score (nSPS) is 12.5. The summed E-state index contributed by atoms with van der Waals surface area (Å²) in [7, 11) is 1.45. The van der Waals surface area contributed by atoms with Crippen LogP contribution in [-0.2, 0) is 9.53 Å². The Kier molecular flexibility index (Phi) is 16.7. The van der Waals surface area contributed by atoms with E-state index in [1.165, 1.54) is 43.7 Å². The molecule has 0 radical (unpaired) electrons. The molecule has 0 spiro atoms. The molecule has 0 heterocycles. The Morgan fingerprint density at radius 2 is 1.30 bits per heavy atom. The number of methoxy groups -OCH3 is 1. The van der Waals surface area contributed by atoms with Crippen LogP contribution >= 0.6 is 31.9 Å². The van der Waals surface area contributed by atoms with Crippen molar-refractivity contribution >= 4 is 37.8 Å². The third kappa shape index (κ3) is 15.2. The number of unbranched alkanes of at least 4 members (excludes halogenated alkanes) is 9. The quantitative estimate of drug-likeness (QED) is 0.156. The summed E-state index contributed by atoms with van der Waals surface area (Å²) in [5.74, 6) is -0.101. The third-order valence-electron chi connectivity index (χ3n) is 3.75. The molecule has 0 aliphatic rings. The van der Waals surface area contributed by atoms with E-state index in [9.17, 15) is 4.79 Å². The van der Waals surface area contributed by atoms with Crippen molar-refractivity contribution in [2.75, 3.05) is 7.11 Å². The molecule has 0 aromatic heterocycles. The lowest BCUT2D eigenvalue weighted by Crippen LogP contribution is -1.98. The molecule has 0 atom stereocenters. The summed E-state index contributed by atoms with van der Waals surface area (Å²) >= 11 is 7.27. The van der Waals surface area contributed by atoms with Crippen LogP contribution in [0.4, 0.5) is 0 Å². The summed E-state index contributed by atoms with van der Waals surface area (Å²) in [6.07, 6.45) is 18.2. The molecule has 0 rings (SSSR count). The molecule has 4 heteroatoms. The van der Waals surface area contributed by atoms with E-state index in [0.717, 1.165) is 43.0 Å². The van der Waals surface area contributed by atoms with Gasteiger partial charge in [-0.15, -0.1) is 0 Å². The number of hydrogen-bond donors (Lipinski definition) is 0. The second-order valence-electron chi connectivity index (χ2n) is 5.84. The van der Waals surface area contributed by atoms with Crippen molar-refractivity contribution in [3.8, 4) is 0 Å². The summed E-state index contributed by atoms with van der Waals surface area (Å²) in [6.45, 7) is 2.25. The van der Waals surface area contributed by atoms with Crippen molar-refractivity contribution in [3.05, 3.63) is 21.1 Å². The number of carbonyl (C=O) groups is 1. The number of ether oxygens (including phenoxy) is 1. The lowest BCUT2D eigenvalue weighted by molar-refractivity contribution is -0.140. The molecule has 134 valence electrons. The smallest absolute Gasteiger partial charge is 0.305 e. The minimum absolute atomic E-state index is 0.101. The first-order chi connectivity index (χ1) is 11.1. The van der Waals surface area contributed by atoms with E-state index < -0.39 is 0 Å². The van der Waals surface area contributed by atoms with Gasteiger partial charge < -0.3 is 4.74 Å². The minimum atomic E-state index is -0.101. The summed E-state index contributed by atoms with van der Waals surface area (Å²) in [6, 6.07) is 0. The van der Waals surface area contributed by atoms with Crippen LogP contribution in [0.5, 0.6) is 0 Å². The second-order valence-corrected chi connectivity index (χ2v) is 7.54. The summed E-state index contributed by atoms with van der Waals surface area (Å²) < 4.78 is 6.95. The van der Waals surface area contributed by atoms with Crippen molar-refractivity contribution in [1.82, 2.24) is 0 Å². The molecule has 0 unspecified atom stereocenters. The van der Waals surface area contributed by atoms with Crippen LogP contribution in [0.25, 0.3) is 0 Å². The molecule has 0 aliphatic heterocycles. The van der Waals surface area contributed by atoms with Crippen molar-refractivity contribution in [2.45, 2.75) is 84.0 Å². The lowest BCUT2D eigenvalue weighted by atomic mass is 10.1. The summed E-state index contributed by atoms with van der Waals surface area (Å²) in [4.78, 5) is 11.0. The van der Waals surface area contributed by atoms with Gasteiger partial charge in [-0.05, 0) is 64.0 Å². The van der Waals surface area contributed by atoms with Gasteiger partial charge in [0.2, 0.25) is 0 Å². The number of rotatable bonds is 14. The van der Waals surface area contributed by atoms with Crippen molar-refractivity contribution in [3.63, 3.8) is 0 Å². The topological polar surface area (TPSA) is 26.3 Å². The van der Waals surface area contributed by atoms with Crippen molar-refractivity contribution in [1.29, 1.82) is 0 Å². The molecule has 0 fully saturated rings. The summed E-state index contributed by atoms with van der Waals surface area (Å²) in [5, 5.41) is 0. The molecule has 0 bridgehead atoms. The zero-order valence-corrected chi connectivity index (χ0v) is 17.9. The predicted molar refractivity (Wildman–Crippen MR) is 107 cm³/mol. The highest BCUT2D eigenvalue weighted by Gasteiger charge is 2.00. The van der Waals surface area contributed by atoms with E-state index in [4.69, 9.17) is 0 Å². The molecule has 0 amide bonds. The van der Waals surface area contributed by atoms with Crippen LogP contribution in [0.1, 0.15) is 84.0 Å². The van der Waals surface area contributed by atoms with Gasteiger partial charge in [-0.3, -0.25) is 4.79 Å². The highest BCUT2D eigenvalue weighted by Crippen LogP contribution is 2.25. The van der Waals surface area contributed by atoms with Crippen molar-refractivity contribution in [2.24, 2.45) is 0 Å². The summed E-state index contributed by atoms with van der Waals surface area (Å²) in [5.41, 5.74) is 0. The molecular formula is C19H32Br2O2. The molecule has 2 nitrogen and oxygen atoms in total. The maximum Gasteiger partial charge on any atom is 0.305 e. The van der Waals surface area contributed by atoms with Crippen LogP contribution in [0.3, 0.4) is 0 Å². The Morgan fingerprint density at radius 1 is 0.826 bits per heavy atom. The zero-order chi connectivity index (χ0) is 17.3. The highest BCUT2D eigenvalue weighted by atomic mass is 79.9. The molecular weight excluding hydrogens is 420 g/mol. The van der Waals surface area contributed by atoms with Gasteiger partial charge in [0.1, 0.15) is 0 Å². The minimum Gasteiger partial charge on any atom is -0.469 e. The Labute approximate surface area is 159 Å². The molecule has 0 saturated heterocycles. The van der Waals surface area contributed by atoms with E-state index >= 15 is 0 Å². The van der Waals surface area contributed by atoms with Gasteiger partial charge in [0, 0.05) is 15.4 Å². The molecule has 0 aromatic rings. The van der Waals surface area contributed by atoms with E-state index in [2.05, 4.69) is 55.7 Å². The van der Waals surface area contributed by atoms with Gasteiger partial charge in [0.05, 0.1) is 7.11 Å². The number of allylic oxidation sites excluding steroid dienone is 4. The van der Waals surface area contributed by atoms with Gasteiger partial charge in [0.15, 0.2) is 0 Å². The fourth-order valence-corrected chi connectivity index (χ4v) is 3.05. The van der Waals surface area contributed by atoms with E-state index in [1.807, 2.05) is 0 Å². The van der Waals surface area contributed by atoms with Gasteiger partial charge in [0.25, 0.3) is 0 Å². The first-order valence-corrected chi connectivity index (χ1v) is 10.5. The Bertz CT molecular complexity index is 362. The fraction of sp³-hybridized carbons (Fsp3) is 0.737. The Hall–Kier alpha value is -0.0900.